The Bertz CT molecular complexity index is 942. The van der Waals surface area contributed by atoms with E-state index in [9.17, 15) is 0 Å². The first kappa shape index (κ1) is 13.2. The molecule has 0 spiro atoms. The van der Waals surface area contributed by atoms with Crippen LogP contribution in [0.25, 0.3) is 11.5 Å². The Morgan fingerprint density at radius 3 is 2.87 bits per heavy atom. The molecule has 0 saturated carbocycles. The lowest BCUT2D eigenvalue weighted by molar-refractivity contribution is 0.836. The zero-order valence-electron chi connectivity index (χ0n) is 12.0. The molecule has 3 N–H and O–H groups in total. The third kappa shape index (κ3) is 2.33. The molecule has 4 rings (SSSR count). The summed E-state index contributed by atoms with van der Waals surface area (Å²) in [5, 5.41) is 11.6. The number of nitrogen functional groups attached to an aromatic ring is 1. The third-order valence-corrected chi connectivity index (χ3v) is 3.39. The van der Waals surface area contributed by atoms with E-state index in [0.717, 1.165) is 11.3 Å². The Hall–Kier alpha value is -3.49. The molecule has 4 aromatic rings. The minimum Gasteiger partial charge on any atom is -0.393 e. The highest BCUT2D eigenvalue weighted by Gasteiger charge is 2.10. The van der Waals surface area contributed by atoms with Crippen molar-refractivity contribution >= 4 is 17.2 Å². The first-order valence-electron chi connectivity index (χ1n) is 6.95. The van der Waals surface area contributed by atoms with E-state index in [1.807, 2.05) is 12.1 Å². The lowest BCUT2D eigenvalue weighted by atomic mass is 10.3. The molecule has 114 valence electrons. The molecule has 0 amide bonds. The van der Waals surface area contributed by atoms with E-state index in [4.69, 9.17) is 5.73 Å². The number of anilines is 2. The summed E-state index contributed by atoms with van der Waals surface area (Å²) in [5.41, 5.74) is 8.31. The molecule has 0 atom stereocenters. The Kier molecular flexibility index (Phi) is 3.08. The molecule has 9 heteroatoms. The van der Waals surface area contributed by atoms with Gasteiger partial charge in [0.25, 0.3) is 0 Å². The number of nitrogens with two attached hydrogens (primary N) is 1. The van der Waals surface area contributed by atoms with Crippen LogP contribution in [0, 0.1) is 0 Å². The molecule has 0 aliphatic carbocycles. The van der Waals surface area contributed by atoms with Crippen LogP contribution in [0.2, 0.25) is 0 Å². The number of hydrogen-bond donors (Lipinski definition) is 2. The number of nitrogens with zero attached hydrogens (tertiary/aromatic N) is 7. The molecule has 23 heavy (non-hydrogen) atoms. The highest BCUT2D eigenvalue weighted by atomic mass is 15.3. The summed E-state index contributed by atoms with van der Waals surface area (Å²) in [5.74, 6) is 1.08. The predicted octanol–water partition coefficient (Wildman–Crippen LogP) is 0.899. The van der Waals surface area contributed by atoms with E-state index in [1.165, 1.54) is 6.33 Å². The largest absolute Gasteiger partial charge is 0.393 e. The lowest BCUT2D eigenvalue weighted by Gasteiger charge is -2.11. The summed E-state index contributed by atoms with van der Waals surface area (Å²) in [7, 11) is 0. The molecular formula is C14H13N9. The van der Waals surface area contributed by atoms with Gasteiger partial charge in [-0.05, 0) is 12.1 Å². The molecule has 0 saturated heterocycles. The van der Waals surface area contributed by atoms with E-state index >= 15 is 0 Å². The summed E-state index contributed by atoms with van der Waals surface area (Å²) in [4.78, 5) is 12.6. The normalized spacial score (nSPS) is 11.0. The zero-order chi connectivity index (χ0) is 15.6. The summed E-state index contributed by atoms with van der Waals surface area (Å²) in [6.45, 7) is 0.500. The van der Waals surface area contributed by atoms with Gasteiger partial charge in [0.15, 0.2) is 17.3 Å². The van der Waals surface area contributed by atoms with Crippen molar-refractivity contribution in [3.63, 3.8) is 0 Å². The van der Waals surface area contributed by atoms with Crippen molar-refractivity contribution in [3.05, 3.63) is 55.0 Å². The Morgan fingerprint density at radius 2 is 2.00 bits per heavy atom. The predicted molar refractivity (Wildman–Crippen MR) is 83.9 cm³/mol. The number of aromatic nitrogens is 7. The minimum absolute atomic E-state index is 0.432. The maximum absolute atomic E-state index is 6.15. The molecule has 4 aromatic heterocycles. The maximum atomic E-state index is 6.15. The molecule has 0 unspecified atom stereocenters. The van der Waals surface area contributed by atoms with Gasteiger partial charge >= 0.3 is 0 Å². The molecule has 9 nitrogen and oxygen atoms in total. The van der Waals surface area contributed by atoms with E-state index in [-0.39, 0.29) is 0 Å². The van der Waals surface area contributed by atoms with Crippen molar-refractivity contribution in [2.45, 2.75) is 6.54 Å². The van der Waals surface area contributed by atoms with Crippen molar-refractivity contribution in [1.29, 1.82) is 0 Å². The van der Waals surface area contributed by atoms with Gasteiger partial charge in [0, 0.05) is 24.7 Å². The average Bonchev–Trinajstić information content (AvgIpc) is 3.25. The lowest BCUT2D eigenvalue weighted by Crippen LogP contribution is -2.12. The Balaban J connectivity index is 1.62. The standard InChI is InChI=1S/C14H13N9/c15-12-13(18-9-19-14(12)22-7-1-4-20-22)17-8-10-2-5-16-11-3-6-21-23(10)11/h1-7,9H,8,15H2,(H,17,18,19). The highest BCUT2D eigenvalue weighted by molar-refractivity contribution is 5.68. The summed E-state index contributed by atoms with van der Waals surface area (Å²) in [6, 6.07) is 5.54. The van der Waals surface area contributed by atoms with Gasteiger partial charge in [0.2, 0.25) is 0 Å². The molecule has 0 aromatic carbocycles. The van der Waals surface area contributed by atoms with Gasteiger partial charge in [-0.1, -0.05) is 0 Å². The average molecular weight is 307 g/mol. The maximum Gasteiger partial charge on any atom is 0.181 e. The van der Waals surface area contributed by atoms with E-state index < -0.39 is 0 Å². The van der Waals surface area contributed by atoms with E-state index in [1.54, 1.807) is 40.1 Å². The Morgan fingerprint density at radius 1 is 1.04 bits per heavy atom. The van der Waals surface area contributed by atoms with Crippen molar-refractivity contribution in [1.82, 2.24) is 34.3 Å². The summed E-state index contributed by atoms with van der Waals surface area (Å²) < 4.78 is 3.36. The van der Waals surface area contributed by atoms with Crippen LogP contribution in [-0.2, 0) is 6.54 Å². The van der Waals surface area contributed by atoms with Crippen LogP contribution in [0.3, 0.4) is 0 Å². The fraction of sp³-hybridized carbons (Fsp3) is 0.0714. The van der Waals surface area contributed by atoms with Crippen LogP contribution in [0.5, 0.6) is 0 Å². The van der Waals surface area contributed by atoms with Gasteiger partial charge in [-0.3, -0.25) is 0 Å². The topological polar surface area (TPSA) is 112 Å². The number of fused-ring (bicyclic) bond motifs is 1. The molecule has 0 bridgehead atoms. The second-order valence-electron chi connectivity index (χ2n) is 4.80. The number of hydrogen-bond acceptors (Lipinski definition) is 7. The molecule has 0 fully saturated rings. The van der Waals surface area contributed by atoms with Gasteiger partial charge in [-0.2, -0.15) is 10.2 Å². The Labute approximate surface area is 130 Å². The van der Waals surface area contributed by atoms with Crippen molar-refractivity contribution in [2.75, 3.05) is 11.1 Å². The monoisotopic (exact) mass is 307 g/mol. The SMILES string of the molecule is Nc1c(NCc2ccnc3ccnn23)ncnc1-n1cccn1. The van der Waals surface area contributed by atoms with Crippen LogP contribution in [0.1, 0.15) is 5.69 Å². The van der Waals surface area contributed by atoms with Gasteiger partial charge < -0.3 is 11.1 Å². The molecule has 0 aliphatic rings. The van der Waals surface area contributed by atoms with Crippen molar-refractivity contribution in [2.24, 2.45) is 0 Å². The van der Waals surface area contributed by atoms with Crippen LogP contribution < -0.4 is 11.1 Å². The number of nitrogens with one attached hydrogen (secondary N) is 1. The fourth-order valence-electron chi connectivity index (χ4n) is 2.30. The quantitative estimate of drug-likeness (QED) is 0.576. The molecule has 4 heterocycles. The zero-order valence-corrected chi connectivity index (χ0v) is 12.0. The van der Waals surface area contributed by atoms with Crippen LogP contribution in [-0.4, -0.2) is 34.3 Å². The smallest absolute Gasteiger partial charge is 0.181 e. The third-order valence-electron chi connectivity index (χ3n) is 3.39. The van der Waals surface area contributed by atoms with Crippen molar-refractivity contribution in [3.8, 4) is 5.82 Å². The fourth-order valence-corrected chi connectivity index (χ4v) is 2.30. The van der Waals surface area contributed by atoms with Gasteiger partial charge in [0.1, 0.15) is 12.0 Å². The minimum atomic E-state index is 0.432. The second-order valence-corrected chi connectivity index (χ2v) is 4.80. The summed E-state index contributed by atoms with van der Waals surface area (Å²) >= 11 is 0. The molecule has 0 radical (unpaired) electrons. The van der Waals surface area contributed by atoms with Crippen LogP contribution >= 0.6 is 0 Å². The van der Waals surface area contributed by atoms with Crippen molar-refractivity contribution < 1.29 is 0 Å². The van der Waals surface area contributed by atoms with E-state index in [2.05, 4.69) is 30.5 Å². The molecular weight excluding hydrogens is 294 g/mol. The van der Waals surface area contributed by atoms with Crippen LogP contribution in [0.15, 0.2) is 49.3 Å². The second kappa shape index (κ2) is 5.37. The summed E-state index contributed by atoms with van der Waals surface area (Å²) in [6.07, 6.45) is 8.34. The van der Waals surface area contributed by atoms with E-state index in [0.29, 0.717) is 23.9 Å². The van der Waals surface area contributed by atoms with Gasteiger partial charge in [-0.25, -0.2) is 24.1 Å². The van der Waals surface area contributed by atoms with Gasteiger partial charge in [0.05, 0.1) is 18.4 Å². The molecule has 0 aliphatic heterocycles. The van der Waals surface area contributed by atoms with Crippen LogP contribution in [0.4, 0.5) is 11.5 Å². The highest BCUT2D eigenvalue weighted by Crippen LogP contribution is 2.21. The first-order valence-corrected chi connectivity index (χ1v) is 6.95. The number of rotatable bonds is 4. The first-order chi connectivity index (χ1) is 11.3. The van der Waals surface area contributed by atoms with Gasteiger partial charge in [-0.15, -0.1) is 0 Å².